The molecule has 4 rings (SSSR count). The first kappa shape index (κ1) is 18.4. The first-order valence-electron chi connectivity index (χ1n) is 10.0. The highest BCUT2D eigenvalue weighted by Crippen LogP contribution is 2.19. The van der Waals surface area contributed by atoms with Crippen LogP contribution in [0.4, 0.5) is 5.82 Å². The molecule has 28 heavy (non-hydrogen) atoms. The number of nitrogens with zero attached hydrogens (tertiary/aromatic N) is 6. The Balaban J connectivity index is 1.46. The van der Waals surface area contributed by atoms with E-state index in [4.69, 9.17) is 0 Å². The molecule has 0 aliphatic carbocycles. The van der Waals surface area contributed by atoms with E-state index < -0.39 is 0 Å². The van der Waals surface area contributed by atoms with Crippen LogP contribution in [0.2, 0.25) is 0 Å². The third kappa shape index (κ3) is 3.56. The molecule has 0 bridgehead atoms. The summed E-state index contributed by atoms with van der Waals surface area (Å²) in [6, 6.07) is 10.1. The van der Waals surface area contributed by atoms with E-state index in [9.17, 15) is 4.79 Å². The summed E-state index contributed by atoms with van der Waals surface area (Å²) in [6.45, 7) is 7.19. The average Bonchev–Trinajstić information content (AvgIpc) is 3.23. The van der Waals surface area contributed by atoms with Gasteiger partial charge < -0.3 is 9.80 Å². The quantitative estimate of drug-likeness (QED) is 0.683. The smallest absolute Gasteiger partial charge is 0.256 e. The molecular formula is C21H26N6O. The Morgan fingerprint density at radius 1 is 1.07 bits per heavy atom. The van der Waals surface area contributed by atoms with E-state index in [0.29, 0.717) is 18.9 Å². The van der Waals surface area contributed by atoms with Gasteiger partial charge in [0.1, 0.15) is 12.1 Å². The van der Waals surface area contributed by atoms with Crippen LogP contribution in [0.15, 0.2) is 36.7 Å². The van der Waals surface area contributed by atoms with Crippen LogP contribution in [-0.4, -0.2) is 56.6 Å². The topological polar surface area (TPSA) is 66.6 Å². The molecule has 0 radical (unpaired) electrons. The van der Waals surface area contributed by atoms with Crippen molar-refractivity contribution in [2.45, 2.75) is 33.1 Å². The summed E-state index contributed by atoms with van der Waals surface area (Å²) in [4.78, 5) is 21.6. The van der Waals surface area contributed by atoms with Crippen LogP contribution in [0.25, 0.3) is 5.78 Å². The van der Waals surface area contributed by atoms with Crippen molar-refractivity contribution in [2.75, 3.05) is 31.1 Å². The molecule has 0 N–H and O–H groups in total. The number of rotatable bonds is 5. The van der Waals surface area contributed by atoms with E-state index in [-0.39, 0.29) is 5.91 Å². The number of piperazine rings is 1. The first-order chi connectivity index (χ1) is 13.7. The van der Waals surface area contributed by atoms with Crippen LogP contribution in [0.1, 0.15) is 41.9 Å². The van der Waals surface area contributed by atoms with Crippen molar-refractivity contribution in [2.24, 2.45) is 0 Å². The maximum Gasteiger partial charge on any atom is 0.256 e. The Labute approximate surface area is 165 Å². The molecule has 0 unspecified atom stereocenters. The lowest BCUT2D eigenvalue weighted by molar-refractivity contribution is 0.0746. The first-order valence-corrected chi connectivity index (χ1v) is 10.0. The molecule has 1 aromatic carbocycles. The molecular weight excluding hydrogens is 352 g/mol. The van der Waals surface area contributed by atoms with Crippen LogP contribution in [0.5, 0.6) is 0 Å². The van der Waals surface area contributed by atoms with Gasteiger partial charge in [0.05, 0.1) is 0 Å². The molecule has 3 heterocycles. The van der Waals surface area contributed by atoms with Gasteiger partial charge in [-0.15, -0.1) is 10.2 Å². The zero-order valence-electron chi connectivity index (χ0n) is 16.5. The lowest BCUT2D eigenvalue weighted by Crippen LogP contribution is -2.49. The van der Waals surface area contributed by atoms with Gasteiger partial charge in [0, 0.05) is 43.5 Å². The van der Waals surface area contributed by atoms with Gasteiger partial charge in [-0.2, -0.15) is 4.98 Å². The lowest BCUT2D eigenvalue weighted by atomic mass is 10.1. The molecule has 2 aromatic heterocycles. The Hall–Kier alpha value is -2.96. The maximum absolute atomic E-state index is 12.8. The second-order valence-electron chi connectivity index (χ2n) is 7.19. The largest absolute Gasteiger partial charge is 0.353 e. The van der Waals surface area contributed by atoms with Gasteiger partial charge in [-0.05, 0) is 30.5 Å². The standard InChI is InChI=1S/C21H26N6O/c1-3-5-18-14-19(23-21-24-22-15-27(18)21)25-10-12-26(13-11-25)20(28)17-8-6-16(4-2)7-9-17/h6-9,14-15H,3-5,10-13H2,1-2H3. The summed E-state index contributed by atoms with van der Waals surface area (Å²) in [6.07, 6.45) is 4.71. The van der Waals surface area contributed by atoms with Crippen molar-refractivity contribution >= 4 is 17.5 Å². The van der Waals surface area contributed by atoms with Crippen LogP contribution in [-0.2, 0) is 12.8 Å². The zero-order valence-corrected chi connectivity index (χ0v) is 16.5. The molecule has 1 aliphatic heterocycles. The van der Waals surface area contributed by atoms with E-state index in [1.54, 1.807) is 6.33 Å². The monoisotopic (exact) mass is 378 g/mol. The van der Waals surface area contributed by atoms with Gasteiger partial charge in [0.15, 0.2) is 0 Å². The lowest BCUT2D eigenvalue weighted by Gasteiger charge is -2.35. The minimum Gasteiger partial charge on any atom is -0.353 e. The molecule has 7 heteroatoms. The average molecular weight is 378 g/mol. The summed E-state index contributed by atoms with van der Waals surface area (Å²) in [5, 5.41) is 8.12. The molecule has 0 saturated carbocycles. The fraction of sp³-hybridized carbons (Fsp3) is 0.429. The van der Waals surface area contributed by atoms with E-state index in [1.165, 1.54) is 11.3 Å². The molecule has 0 spiro atoms. The number of carbonyl (C=O) groups is 1. The third-order valence-corrected chi connectivity index (χ3v) is 5.36. The van der Waals surface area contributed by atoms with Crippen molar-refractivity contribution in [3.8, 4) is 0 Å². The summed E-state index contributed by atoms with van der Waals surface area (Å²) < 4.78 is 1.95. The number of benzene rings is 1. The number of amides is 1. The second kappa shape index (κ2) is 7.96. The van der Waals surface area contributed by atoms with Gasteiger partial charge in [0.2, 0.25) is 0 Å². The highest BCUT2D eigenvalue weighted by atomic mass is 16.2. The van der Waals surface area contributed by atoms with E-state index in [0.717, 1.165) is 43.7 Å². The molecule has 1 saturated heterocycles. The Morgan fingerprint density at radius 3 is 2.50 bits per heavy atom. The number of aryl methyl sites for hydroxylation is 2. The predicted molar refractivity (Wildman–Crippen MR) is 109 cm³/mol. The number of carbonyl (C=O) groups excluding carboxylic acids is 1. The Morgan fingerprint density at radius 2 is 1.82 bits per heavy atom. The fourth-order valence-corrected chi connectivity index (χ4v) is 3.68. The Kier molecular flexibility index (Phi) is 5.23. The van der Waals surface area contributed by atoms with E-state index in [2.05, 4.69) is 40.0 Å². The number of hydrogen-bond acceptors (Lipinski definition) is 5. The summed E-state index contributed by atoms with van der Waals surface area (Å²) in [7, 11) is 0. The van der Waals surface area contributed by atoms with Crippen molar-refractivity contribution in [1.29, 1.82) is 0 Å². The molecule has 7 nitrogen and oxygen atoms in total. The molecule has 146 valence electrons. The van der Waals surface area contributed by atoms with Crippen LogP contribution in [0, 0.1) is 0 Å². The van der Waals surface area contributed by atoms with Crippen molar-refractivity contribution in [1.82, 2.24) is 24.5 Å². The normalized spacial score (nSPS) is 14.6. The molecule has 1 fully saturated rings. The summed E-state index contributed by atoms with van der Waals surface area (Å²) >= 11 is 0. The molecule has 1 aliphatic rings. The molecule has 1 amide bonds. The van der Waals surface area contributed by atoms with Crippen molar-refractivity contribution in [3.63, 3.8) is 0 Å². The highest BCUT2D eigenvalue weighted by Gasteiger charge is 2.23. The third-order valence-electron chi connectivity index (χ3n) is 5.36. The van der Waals surface area contributed by atoms with Crippen molar-refractivity contribution < 1.29 is 4.79 Å². The number of aromatic nitrogens is 4. The van der Waals surface area contributed by atoms with Gasteiger partial charge in [-0.3, -0.25) is 9.20 Å². The summed E-state index contributed by atoms with van der Waals surface area (Å²) in [5.74, 6) is 1.66. The van der Waals surface area contributed by atoms with E-state index in [1.807, 2.05) is 33.6 Å². The fourth-order valence-electron chi connectivity index (χ4n) is 3.68. The van der Waals surface area contributed by atoms with Gasteiger partial charge >= 0.3 is 0 Å². The minimum absolute atomic E-state index is 0.106. The van der Waals surface area contributed by atoms with Gasteiger partial charge in [0.25, 0.3) is 11.7 Å². The maximum atomic E-state index is 12.8. The summed E-state index contributed by atoms with van der Waals surface area (Å²) in [5.41, 5.74) is 3.18. The minimum atomic E-state index is 0.106. The van der Waals surface area contributed by atoms with E-state index >= 15 is 0 Å². The van der Waals surface area contributed by atoms with Crippen LogP contribution < -0.4 is 4.90 Å². The van der Waals surface area contributed by atoms with Crippen LogP contribution in [0.3, 0.4) is 0 Å². The zero-order chi connectivity index (χ0) is 19.5. The highest BCUT2D eigenvalue weighted by molar-refractivity contribution is 5.94. The molecule has 0 atom stereocenters. The van der Waals surface area contributed by atoms with Crippen molar-refractivity contribution in [3.05, 3.63) is 53.5 Å². The second-order valence-corrected chi connectivity index (χ2v) is 7.19. The SMILES string of the molecule is CCCc1cc(N2CCN(C(=O)c3ccc(CC)cc3)CC2)nc2nncn12. The van der Waals surface area contributed by atoms with Crippen LogP contribution >= 0.6 is 0 Å². The van der Waals surface area contributed by atoms with Gasteiger partial charge in [-0.25, -0.2) is 0 Å². The predicted octanol–water partition coefficient (Wildman–Crippen LogP) is 2.60. The number of fused-ring (bicyclic) bond motifs is 1. The Bertz CT molecular complexity index is 957. The number of hydrogen-bond donors (Lipinski definition) is 0. The molecule has 3 aromatic rings. The van der Waals surface area contributed by atoms with Gasteiger partial charge in [-0.1, -0.05) is 32.4 Å². The number of anilines is 1.